The Balaban J connectivity index is 1.53. The normalized spacial score (nSPS) is 15.0. The summed E-state index contributed by atoms with van der Waals surface area (Å²) in [7, 11) is 3.75. The minimum Gasteiger partial charge on any atom is -0.497 e. The van der Waals surface area contributed by atoms with Crippen LogP contribution in [0.15, 0.2) is 53.1 Å². The summed E-state index contributed by atoms with van der Waals surface area (Å²) in [6.07, 6.45) is 3.67. The quantitative estimate of drug-likeness (QED) is 0.477. The summed E-state index contributed by atoms with van der Waals surface area (Å²) in [5.41, 5.74) is 2.86. The van der Waals surface area contributed by atoms with E-state index < -0.39 is 0 Å². The number of nitrogens with zero attached hydrogens (tertiary/aromatic N) is 3. The molecule has 1 N–H and O–H groups in total. The van der Waals surface area contributed by atoms with E-state index in [1.807, 2.05) is 42.5 Å². The molecule has 1 aromatic heterocycles. The summed E-state index contributed by atoms with van der Waals surface area (Å²) in [6.45, 7) is 2.00. The van der Waals surface area contributed by atoms with Gasteiger partial charge in [-0.1, -0.05) is 0 Å². The first kappa shape index (κ1) is 20.2. The second-order valence-electron chi connectivity index (χ2n) is 8.08. The predicted molar refractivity (Wildman–Crippen MR) is 123 cm³/mol. The molecule has 1 aliphatic carbocycles. The van der Waals surface area contributed by atoms with Crippen LogP contribution in [0.1, 0.15) is 18.4 Å². The number of likely N-dealkylation sites (tertiary alicyclic amines) is 1. The van der Waals surface area contributed by atoms with Crippen LogP contribution >= 0.6 is 0 Å². The molecule has 162 valence electrons. The highest BCUT2D eigenvalue weighted by atomic mass is 16.5. The Morgan fingerprint density at radius 3 is 2.81 bits per heavy atom. The molecule has 7 nitrogen and oxygen atoms in total. The van der Waals surface area contributed by atoms with Gasteiger partial charge in [-0.05, 0) is 50.2 Å². The van der Waals surface area contributed by atoms with Gasteiger partial charge >= 0.3 is 0 Å². The molecular weight excluding hydrogens is 404 g/mol. The number of hydrogen-bond acceptors (Lipinski definition) is 7. The van der Waals surface area contributed by atoms with Crippen LogP contribution in [0.4, 0.5) is 11.5 Å². The van der Waals surface area contributed by atoms with E-state index in [1.165, 1.54) is 0 Å². The van der Waals surface area contributed by atoms with Crippen molar-refractivity contribution < 1.29 is 13.9 Å². The molecule has 3 aliphatic rings. The van der Waals surface area contributed by atoms with E-state index in [-0.39, 0.29) is 6.10 Å². The number of piperidine rings is 1. The number of ether oxygens (including phenoxy) is 2. The second-order valence-corrected chi connectivity index (χ2v) is 8.08. The average Bonchev–Trinajstić information content (AvgIpc) is 3.23. The highest BCUT2D eigenvalue weighted by Gasteiger charge is 2.21. The maximum absolute atomic E-state index is 9.84. The lowest BCUT2D eigenvalue weighted by molar-refractivity contribution is 0.115. The second kappa shape index (κ2) is 8.40. The van der Waals surface area contributed by atoms with Gasteiger partial charge in [0.15, 0.2) is 5.76 Å². The van der Waals surface area contributed by atoms with Crippen molar-refractivity contribution in [2.24, 2.45) is 0 Å². The summed E-state index contributed by atoms with van der Waals surface area (Å²) in [6, 6.07) is 15.5. The minimum absolute atomic E-state index is 0.127. The summed E-state index contributed by atoms with van der Waals surface area (Å²) < 4.78 is 17.5. The first-order valence-corrected chi connectivity index (χ1v) is 10.7. The molecule has 32 heavy (non-hydrogen) atoms. The van der Waals surface area contributed by atoms with Gasteiger partial charge in [-0.3, -0.25) is 0 Å². The first-order chi connectivity index (χ1) is 15.6. The number of aromatic nitrogens is 1. The molecule has 0 saturated carbocycles. The number of fused-ring (bicyclic) bond motifs is 2. The molecule has 2 aliphatic heterocycles. The zero-order valence-corrected chi connectivity index (χ0v) is 18.1. The Morgan fingerprint density at radius 2 is 2.03 bits per heavy atom. The van der Waals surface area contributed by atoms with E-state index in [9.17, 15) is 5.26 Å². The van der Waals surface area contributed by atoms with Crippen molar-refractivity contribution in [3.63, 3.8) is 0 Å². The molecule has 0 bridgehead atoms. The molecule has 1 saturated heterocycles. The van der Waals surface area contributed by atoms with Crippen molar-refractivity contribution >= 4 is 22.4 Å². The zero-order chi connectivity index (χ0) is 22.1. The Hall–Kier alpha value is -3.76. The molecule has 0 amide bonds. The van der Waals surface area contributed by atoms with Gasteiger partial charge in [-0.15, -0.1) is 0 Å². The highest BCUT2D eigenvalue weighted by Crippen LogP contribution is 2.37. The molecule has 5 rings (SSSR count). The lowest BCUT2D eigenvalue weighted by Crippen LogP contribution is -2.35. The van der Waals surface area contributed by atoms with Crippen molar-refractivity contribution in [3.05, 3.63) is 54.3 Å². The lowest BCUT2D eigenvalue weighted by Gasteiger charge is -2.29. The van der Waals surface area contributed by atoms with Crippen LogP contribution in [0.5, 0.6) is 11.5 Å². The third-order valence-electron chi connectivity index (χ3n) is 5.91. The van der Waals surface area contributed by atoms with Gasteiger partial charge in [0.1, 0.15) is 29.5 Å². The van der Waals surface area contributed by atoms with Crippen LogP contribution < -0.4 is 14.8 Å². The van der Waals surface area contributed by atoms with Crippen molar-refractivity contribution in [3.8, 4) is 28.9 Å². The van der Waals surface area contributed by atoms with Crippen LogP contribution in [0, 0.1) is 11.3 Å². The fourth-order valence-electron chi connectivity index (χ4n) is 4.12. The molecule has 0 spiro atoms. The van der Waals surface area contributed by atoms with Gasteiger partial charge in [0.25, 0.3) is 0 Å². The van der Waals surface area contributed by atoms with Gasteiger partial charge in [-0.25, -0.2) is 4.98 Å². The topological polar surface area (TPSA) is 83.5 Å². The average molecular weight is 428 g/mol. The molecule has 2 aromatic rings. The molecule has 7 heteroatoms. The third-order valence-corrected chi connectivity index (χ3v) is 5.91. The Kier molecular flexibility index (Phi) is 5.29. The Morgan fingerprint density at radius 1 is 1.19 bits per heavy atom. The number of nitriles is 1. The lowest BCUT2D eigenvalue weighted by atomic mass is 10.1. The van der Waals surface area contributed by atoms with Crippen molar-refractivity contribution in [2.75, 3.05) is 32.6 Å². The zero-order valence-electron chi connectivity index (χ0n) is 18.1. The van der Waals surface area contributed by atoms with Crippen LogP contribution in [0.3, 0.4) is 0 Å². The number of hydrogen-bond donors (Lipinski definition) is 1. The molecule has 1 aromatic carbocycles. The van der Waals surface area contributed by atoms with E-state index >= 15 is 0 Å². The molecule has 0 unspecified atom stereocenters. The molecular formula is C25H24N4O3. The van der Waals surface area contributed by atoms with Gasteiger partial charge in [0.2, 0.25) is 0 Å². The van der Waals surface area contributed by atoms with Gasteiger partial charge in [0.05, 0.1) is 30.1 Å². The first-order valence-electron chi connectivity index (χ1n) is 10.7. The van der Waals surface area contributed by atoms with Crippen LogP contribution in [0.2, 0.25) is 0 Å². The van der Waals surface area contributed by atoms with E-state index in [0.29, 0.717) is 28.4 Å². The maximum Gasteiger partial charge on any atom is 0.157 e. The summed E-state index contributed by atoms with van der Waals surface area (Å²) in [5.74, 6) is 2.54. The SMILES string of the molecule is COc1cc(OC2CCN(C)CC2)c2cc(C#N)c(Nc3ccc4cccoc3-4)nc2c1. The Labute approximate surface area is 186 Å². The fourth-order valence-corrected chi connectivity index (χ4v) is 4.12. The van der Waals surface area contributed by atoms with Gasteiger partial charge in [0, 0.05) is 36.2 Å². The molecule has 1 fully saturated rings. The standard InChI is InChI=1S/C25H24N4O3/c1-29-9-7-18(8-10-29)32-23-14-19(30-2)13-22-20(23)12-17(15-26)25(28-22)27-21-6-5-16-4-3-11-31-24(16)21/h3-6,11-14,18H,7-10H2,1-2H3,(H,27,28). The highest BCUT2D eigenvalue weighted by molar-refractivity contribution is 5.91. The van der Waals surface area contributed by atoms with Crippen LogP contribution in [-0.4, -0.2) is 43.2 Å². The maximum atomic E-state index is 9.84. The third kappa shape index (κ3) is 3.81. The minimum atomic E-state index is 0.127. The number of nitrogens with one attached hydrogen (secondary N) is 1. The predicted octanol–water partition coefficient (Wildman–Crippen LogP) is 5.03. The van der Waals surface area contributed by atoms with E-state index in [4.69, 9.17) is 18.9 Å². The number of methoxy groups -OCH3 is 1. The molecule has 3 heterocycles. The monoisotopic (exact) mass is 428 g/mol. The summed E-state index contributed by atoms with van der Waals surface area (Å²) in [4.78, 5) is 7.06. The smallest absolute Gasteiger partial charge is 0.157 e. The number of rotatable bonds is 5. The largest absolute Gasteiger partial charge is 0.497 e. The number of pyridine rings is 1. The number of anilines is 2. The van der Waals surface area contributed by atoms with Crippen molar-refractivity contribution in [2.45, 2.75) is 18.9 Å². The van der Waals surface area contributed by atoms with Gasteiger partial charge in [-0.2, -0.15) is 5.26 Å². The van der Waals surface area contributed by atoms with E-state index in [0.717, 1.165) is 48.3 Å². The summed E-state index contributed by atoms with van der Waals surface area (Å²) >= 11 is 0. The van der Waals surface area contributed by atoms with Crippen molar-refractivity contribution in [1.29, 1.82) is 5.26 Å². The van der Waals surface area contributed by atoms with E-state index in [2.05, 4.69) is 23.3 Å². The Bertz CT molecular complexity index is 1270. The fraction of sp³-hybridized carbons (Fsp3) is 0.280. The number of benzene rings is 1. The van der Waals surface area contributed by atoms with Crippen LogP contribution in [0.25, 0.3) is 22.2 Å². The molecule has 0 radical (unpaired) electrons. The van der Waals surface area contributed by atoms with E-state index in [1.54, 1.807) is 13.4 Å². The summed E-state index contributed by atoms with van der Waals surface area (Å²) in [5, 5.41) is 13.9. The van der Waals surface area contributed by atoms with Crippen molar-refractivity contribution in [1.82, 2.24) is 9.88 Å². The van der Waals surface area contributed by atoms with Gasteiger partial charge < -0.3 is 24.1 Å². The molecule has 0 atom stereocenters. The van der Waals surface area contributed by atoms with Crippen LogP contribution in [-0.2, 0) is 0 Å².